The number of benzene rings is 1. The summed E-state index contributed by atoms with van der Waals surface area (Å²) < 4.78 is 0. The van der Waals surface area contributed by atoms with Gasteiger partial charge < -0.3 is 10.0 Å². The first-order valence-corrected chi connectivity index (χ1v) is 6.17. The van der Waals surface area contributed by atoms with Gasteiger partial charge in [-0.3, -0.25) is 14.9 Å². The molecule has 1 aliphatic heterocycles. The van der Waals surface area contributed by atoms with Crippen LogP contribution in [0.2, 0.25) is 0 Å². The van der Waals surface area contributed by atoms with Gasteiger partial charge in [-0.1, -0.05) is 12.1 Å². The minimum Gasteiger partial charge on any atom is -0.396 e. The van der Waals surface area contributed by atoms with E-state index in [1.165, 1.54) is 12.1 Å². The monoisotopic (exact) mass is 264 g/mol. The number of nitro benzene ring substituents is 1. The largest absolute Gasteiger partial charge is 0.396 e. The van der Waals surface area contributed by atoms with Crippen LogP contribution in [0.15, 0.2) is 24.3 Å². The molecule has 2 rings (SSSR count). The highest BCUT2D eigenvalue weighted by Crippen LogP contribution is 2.29. The van der Waals surface area contributed by atoms with Crippen molar-refractivity contribution in [2.24, 2.45) is 5.92 Å². The van der Waals surface area contributed by atoms with Crippen molar-refractivity contribution in [3.05, 3.63) is 39.9 Å². The number of hydrogen-bond acceptors (Lipinski definition) is 4. The summed E-state index contributed by atoms with van der Waals surface area (Å²) in [5, 5.41) is 19.7. The van der Waals surface area contributed by atoms with E-state index in [0.29, 0.717) is 13.0 Å². The Labute approximate surface area is 110 Å². The first kappa shape index (κ1) is 13.5. The molecule has 1 N–H and O–H groups in total. The molecule has 0 saturated carbocycles. The summed E-state index contributed by atoms with van der Waals surface area (Å²) in [7, 11) is 0. The molecule has 6 nitrogen and oxygen atoms in total. The minimum atomic E-state index is -0.447. The van der Waals surface area contributed by atoms with E-state index in [0.717, 1.165) is 5.56 Å². The number of rotatable bonds is 4. The number of non-ortho nitro benzene ring substituents is 1. The van der Waals surface area contributed by atoms with Crippen LogP contribution in [0.1, 0.15) is 24.9 Å². The van der Waals surface area contributed by atoms with Crippen LogP contribution >= 0.6 is 0 Å². The maximum Gasteiger partial charge on any atom is 0.269 e. The van der Waals surface area contributed by atoms with Crippen LogP contribution in [0, 0.1) is 16.0 Å². The molecular formula is C13H16N2O4. The van der Waals surface area contributed by atoms with Crippen LogP contribution in [0.4, 0.5) is 5.69 Å². The number of aliphatic hydroxyl groups is 1. The maximum absolute atomic E-state index is 11.8. The molecule has 1 aromatic rings. The molecule has 1 aliphatic rings. The molecule has 1 unspecified atom stereocenters. The summed E-state index contributed by atoms with van der Waals surface area (Å²) in [6.07, 6.45) is 0.369. The fourth-order valence-corrected chi connectivity index (χ4v) is 2.36. The lowest BCUT2D eigenvalue weighted by Gasteiger charge is -2.25. The van der Waals surface area contributed by atoms with Crippen LogP contribution in [-0.2, 0) is 4.79 Å². The van der Waals surface area contributed by atoms with E-state index in [1.807, 2.05) is 6.92 Å². The SMILES string of the molecule is C[C@@H](c1ccc([N+](=O)[O-])cc1)N1CC(CO)CC1=O. The highest BCUT2D eigenvalue weighted by atomic mass is 16.6. The van der Waals surface area contributed by atoms with Crippen molar-refractivity contribution in [3.8, 4) is 0 Å². The number of carbonyl (C=O) groups excluding carboxylic acids is 1. The number of aliphatic hydroxyl groups excluding tert-OH is 1. The van der Waals surface area contributed by atoms with Crippen LogP contribution in [0.5, 0.6) is 0 Å². The van der Waals surface area contributed by atoms with E-state index in [2.05, 4.69) is 0 Å². The Morgan fingerprint density at radius 3 is 2.58 bits per heavy atom. The molecule has 1 saturated heterocycles. The number of likely N-dealkylation sites (tertiary alicyclic amines) is 1. The molecule has 0 aliphatic carbocycles. The Morgan fingerprint density at radius 1 is 1.47 bits per heavy atom. The summed E-state index contributed by atoms with van der Waals surface area (Å²) in [4.78, 5) is 23.7. The van der Waals surface area contributed by atoms with Gasteiger partial charge in [0.2, 0.25) is 5.91 Å². The second kappa shape index (κ2) is 5.36. The summed E-state index contributed by atoms with van der Waals surface area (Å²) >= 11 is 0. The van der Waals surface area contributed by atoms with E-state index in [-0.39, 0.29) is 30.2 Å². The van der Waals surface area contributed by atoms with E-state index in [1.54, 1.807) is 17.0 Å². The predicted octanol–water partition coefficient (Wildman–Crippen LogP) is 1.50. The zero-order chi connectivity index (χ0) is 14.0. The van der Waals surface area contributed by atoms with Crippen molar-refractivity contribution in [2.45, 2.75) is 19.4 Å². The molecule has 1 heterocycles. The standard InChI is InChI=1S/C13H16N2O4/c1-9(14-7-10(8-16)6-13(14)17)11-2-4-12(5-3-11)15(18)19/h2-5,9-10,16H,6-8H2,1H3/t9-,10?/m0/s1. The van der Waals surface area contributed by atoms with E-state index >= 15 is 0 Å². The molecule has 1 aromatic carbocycles. The second-order valence-corrected chi connectivity index (χ2v) is 4.82. The van der Waals surface area contributed by atoms with Crippen LogP contribution < -0.4 is 0 Å². The Bertz CT molecular complexity index is 486. The predicted molar refractivity (Wildman–Crippen MR) is 68.4 cm³/mol. The van der Waals surface area contributed by atoms with Gasteiger partial charge in [-0.25, -0.2) is 0 Å². The van der Waals surface area contributed by atoms with Gasteiger partial charge in [-0.15, -0.1) is 0 Å². The van der Waals surface area contributed by atoms with Crippen LogP contribution in [-0.4, -0.2) is 34.0 Å². The topological polar surface area (TPSA) is 83.7 Å². The molecule has 1 fully saturated rings. The fourth-order valence-electron chi connectivity index (χ4n) is 2.36. The van der Waals surface area contributed by atoms with Crippen molar-refractivity contribution in [2.75, 3.05) is 13.2 Å². The average Bonchev–Trinajstić information content (AvgIpc) is 2.79. The van der Waals surface area contributed by atoms with E-state index < -0.39 is 4.92 Å². The fraction of sp³-hybridized carbons (Fsp3) is 0.462. The van der Waals surface area contributed by atoms with Crippen molar-refractivity contribution in [1.82, 2.24) is 4.90 Å². The molecule has 0 bridgehead atoms. The van der Waals surface area contributed by atoms with Crippen molar-refractivity contribution < 1.29 is 14.8 Å². The number of hydrogen-bond donors (Lipinski definition) is 1. The molecule has 2 atom stereocenters. The third-order valence-electron chi connectivity index (χ3n) is 3.55. The normalized spacial score (nSPS) is 20.6. The molecule has 1 amide bonds. The number of carbonyl (C=O) groups is 1. The molecule has 0 spiro atoms. The first-order valence-electron chi connectivity index (χ1n) is 6.17. The molecule has 6 heteroatoms. The smallest absolute Gasteiger partial charge is 0.269 e. The quantitative estimate of drug-likeness (QED) is 0.659. The number of amides is 1. The van der Waals surface area contributed by atoms with Gasteiger partial charge in [0.25, 0.3) is 5.69 Å². The number of nitrogens with zero attached hydrogens (tertiary/aromatic N) is 2. The van der Waals surface area contributed by atoms with Crippen molar-refractivity contribution in [3.63, 3.8) is 0 Å². The highest BCUT2D eigenvalue weighted by molar-refractivity contribution is 5.79. The summed E-state index contributed by atoms with van der Waals surface area (Å²) in [5.41, 5.74) is 0.898. The van der Waals surface area contributed by atoms with Gasteiger partial charge in [-0.2, -0.15) is 0 Å². The molecule has 102 valence electrons. The first-order chi connectivity index (χ1) is 9.02. The molecular weight excluding hydrogens is 248 g/mol. The van der Waals surface area contributed by atoms with Crippen LogP contribution in [0.3, 0.4) is 0 Å². The van der Waals surface area contributed by atoms with Gasteiger partial charge in [0.1, 0.15) is 0 Å². The number of nitro groups is 1. The third kappa shape index (κ3) is 2.73. The van der Waals surface area contributed by atoms with Crippen molar-refractivity contribution in [1.29, 1.82) is 0 Å². The van der Waals surface area contributed by atoms with Gasteiger partial charge in [0, 0.05) is 37.6 Å². The van der Waals surface area contributed by atoms with Gasteiger partial charge in [-0.05, 0) is 12.5 Å². The maximum atomic E-state index is 11.8. The zero-order valence-corrected chi connectivity index (χ0v) is 10.7. The second-order valence-electron chi connectivity index (χ2n) is 4.82. The van der Waals surface area contributed by atoms with E-state index in [9.17, 15) is 14.9 Å². The lowest BCUT2D eigenvalue weighted by Crippen LogP contribution is -2.28. The summed E-state index contributed by atoms with van der Waals surface area (Å²) in [6, 6.07) is 6.08. The summed E-state index contributed by atoms with van der Waals surface area (Å²) in [6.45, 7) is 2.43. The Balaban J connectivity index is 2.13. The Morgan fingerprint density at radius 2 is 2.11 bits per heavy atom. The Hall–Kier alpha value is -1.95. The van der Waals surface area contributed by atoms with Crippen LogP contribution in [0.25, 0.3) is 0 Å². The van der Waals surface area contributed by atoms with E-state index in [4.69, 9.17) is 5.11 Å². The van der Waals surface area contributed by atoms with Gasteiger partial charge in [0.15, 0.2) is 0 Å². The highest BCUT2D eigenvalue weighted by Gasteiger charge is 2.32. The van der Waals surface area contributed by atoms with Gasteiger partial charge in [0.05, 0.1) is 11.0 Å². The zero-order valence-electron chi connectivity index (χ0n) is 10.7. The van der Waals surface area contributed by atoms with Gasteiger partial charge >= 0.3 is 0 Å². The average molecular weight is 264 g/mol. The molecule has 0 aromatic heterocycles. The molecule has 0 radical (unpaired) electrons. The lowest BCUT2D eigenvalue weighted by molar-refractivity contribution is -0.384. The summed E-state index contributed by atoms with van der Waals surface area (Å²) in [5.74, 6) is 0.0119. The minimum absolute atomic E-state index is 0.00648. The Kier molecular flexibility index (Phi) is 3.80. The third-order valence-corrected chi connectivity index (χ3v) is 3.55. The molecule has 19 heavy (non-hydrogen) atoms. The van der Waals surface area contributed by atoms with Crippen molar-refractivity contribution >= 4 is 11.6 Å². The lowest BCUT2D eigenvalue weighted by atomic mass is 10.1.